The lowest BCUT2D eigenvalue weighted by Gasteiger charge is -2.27. The van der Waals surface area contributed by atoms with E-state index in [2.05, 4.69) is 194 Å². The highest BCUT2D eigenvalue weighted by molar-refractivity contribution is 5.99. The van der Waals surface area contributed by atoms with Crippen LogP contribution in [0.2, 0.25) is 0 Å². The zero-order valence-electron chi connectivity index (χ0n) is 28.3. The number of furan rings is 1. The number of para-hydroxylation sites is 1. The van der Waals surface area contributed by atoms with Gasteiger partial charge in [-0.3, -0.25) is 0 Å². The van der Waals surface area contributed by atoms with Crippen molar-refractivity contribution in [1.82, 2.24) is 0 Å². The summed E-state index contributed by atoms with van der Waals surface area (Å²) in [6, 6.07) is 69.2. The van der Waals surface area contributed by atoms with Gasteiger partial charge in [0.05, 0.1) is 5.69 Å². The summed E-state index contributed by atoms with van der Waals surface area (Å²) in [6.07, 6.45) is 0. The smallest absolute Gasteiger partial charge is 0.138 e. The average Bonchev–Trinajstić information content (AvgIpc) is 3.55. The van der Waals surface area contributed by atoms with E-state index in [0.29, 0.717) is 0 Å². The Bertz CT molecular complexity index is 2610. The van der Waals surface area contributed by atoms with Gasteiger partial charge in [-0.25, -0.2) is 0 Å². The Hall–Kier alpha value is -6.64. The topological polar surface area (TPSA) is 16.4 Å². The van der Waals surface area contributed by atoms with E-state index in [1.54, 1.807) is 0 Å². The van der Waals surface area contributed by atoms with Crippen molar-refractivity contribution in [1.29, 1.82) is 0 Å². The molecule has 0 spiro atoms. The minimum atomic E-state index is 0.923. The van der Waals surface area contributed by atoms with Crippen LogP contribution in [0.25, 0.3) is 66.4 Å². The van der Waals surface area contributed by atoms with Crippen molar-refractivity contribution in [3.8, 4) is 44.7 Å². The second kappa shape index (κ2) is 13.0. The van der Waals surface area contributed by atoms with E-state index in [9.17, 15) is 0 Å². The second-order valence-electron chi connectivity index (χ2n) is 13.0. The zero-order valence-corrected chi connectivity index (χ0v) is 28.3. The first-order valence-corrected chi connectivity index (χ1v) is 17.4. The van der Waals surface area contributed by atoms with Crippen LogP contribution in [0.15, 0.2) is 199 Å². The third-order valence-electron chi connectivity index (χ3n) is 9.89. The van der Waals surface area contributed by atoms with Crippen molar-refractivity contribution in [2.24, 2.45) is 0 Å². The van der Waals surface area contributed by atoms with Crippen molar-refractivity contribution in [2.75, 3.05) is 4.90 Å². The molecular formula is C49H35NO. The number of hydrogen-bond acceptors (Lipinski definition) is 2. The molecule has 0 amide bonds. The van der Waals surface area contributed by atoms with Crippen molar-refractivity contribution in [3.63, 3.8) is 0 Å². The van der Waals surface area contributed by atoms with Crippen molar-refractivity contribution < 1.29 is 4.42 Å². The molecule has 2 heteroatoms. The van der Waals surface area contributed by atoms with E-state index in [-0.39, 0.29) is 0 Å². The molecule has 0 unspecified atom stereocenters. The van der Waals surface area contributed by atoms with Gasteiger partial charge in [-0.15, -0.1) is 0 Å². The van der Waals surface area contributed by atoms with Gasteiger partial charge in [-0.05, 0) is 88.2 Å². The normalized spacial score (nSPS) is 11.2. The highest BCUT2D eigenvalue weighted by atomic mass is 16.3. The molecule has 0 aliphatic heterocycles. The summed E-state index contributed by atoms with van der Waals surface area (Å²) >= 11 is 0. The zero-order chi connectivity index (χ0) is 34.1. The minimum absolute atomic E-state index is 0.923. The number of nitrogens with zero attached hydrogens (tertiary/aromatic N) is 1. The molecule has 2 nitrogen and oxygen atoms in total. The maximum atomic E-state index is 6.28. The Morgan fingerprint density at radius 3 is 1.51 bits per heavy atom. The summed E-state index contributed by atoms with van der Waals surface area (Å²) in [7, 11) is 0. The van der Waals surface area contributed by atoms with Gasteiger partial charge in [0.2, 0.25) is 0 Å². The molecule has 0 saturated heterocycles. The van der Waals surface area contributed by atoms with Crippen LogP contribution in [0.3, 0.4) is 0 Å². The third kappa shape index (κ3) is 5.77. The van der Waals surface area contributed by atoms with Crippen molar-refractivity contribution >= 4 is 38.8 Å². The van der Waals surface area contributed by atoms with Crippen LogP contribution in [-0.2, 0) is 0 Å². The molecule has 8 aromatic carbocycles. The molecular weight excluding hydrogens is 619 g/mol. The summed E-state index contributed by atoms with van der Waals surface area (Å²) in [5.74, 6) is 0.930. The summed E-state index contributed by atoms with van der Waals surface area (Å²) in [5.41, 5.74) is 13.7. The summed E-state index contributed by atoms with van der Waals surface area (Å²) in [5, 5.41) is 3.59. The first-order valence-electron chi connectivity index (χ1n) is 17.4. The fraction of sp³-hybridized carbons (Fsp3) is 0.0204. The molecule has 242 valence electrons. The van der Waals surface area contributed by atoms with E-state index in [1.165, 1.54) is 49.7 Å². The SMILES string of the molecule is Cc1c(-c2cccc(-c3ccc(-c4ccc(N(c5ccc(-c6ccccc6)cc5)c5cccc6ccccc56)cc4)cc3)c2)oc2ccccc12. The molecule has 0 fully saturated rings. The van der Waals surface area contributed by atoms with Gasteiger partial charge in [0.15, 0.2) is 0 Å². The van der Waals surface area contributed by atoms with Crippen LogP contribution in [0.5, 0.6) is 0 Å². The van der Waals surface area contributed by atoms with Crippen LogP contribution in [0, 0.1) is 6.92 Å². The Labute approximate surface area is 298 Å². The highest BCUT2D eigenvalue weighted by Crippen LogP contribution is 2.40. The second-order valence-corrected chi connectivity index (χ2v) is 13.0. The summed E-state index contributed by atoms with van der Waals surface area (Å²) < 4.78 is 6.28. The Morgan fingerprint density at radius 1 is 0.373 bits per heavy atom. The van der Waals surface area contributed by atoms with Crippen LogP contribution in [0.1, 0.15) is 5.56 Å². The van der Waals surface area contributed by atoms with Crippen molar-refractivity contribution in [3.05, 3.63) is 200 Å². The van der Waals surface area contributed by atoms with Gasteiger partial charge in [0.1, 0.15) is 11.3 Å². The number of rotatable bonds is 7. The fourth-order valence-electron chi connectivity index (χ4n) is 7.21. The van der Waals surface area contributed by atoms with E-state index in [0.717, 1.165) is 39.4 Å². The lowest BCUT2D eigenvalue weighted by molar-refractivity contribution is 0.629. The summed E-state index contributed by atoms with van der Waals surface area (Å²) in [4.78, 5) is 2.36. The summed E-state index contributed by atoms with van der Waals surface area (Å²) in [6.45, 7) is 2.14. The van der Waals surface area contributed by atoms with Crippen LogP contribution < -0.4 is 4.90 Å². The van der Waals surface area contributed by atoms with Gasteiger partial charge < -0.3 is 9.32 Å². The number of fused-ring (bicyclic) bond motifs is 2. The fourth-order valence-corrected chi connectivity index (χ4v) is 7.21. The van der Waals surface area contributed by atoms with Gasteiger partial charge in [0.25, 0.3) is 0 Å². The number of aryl methyl sites for hydroxylation is 1. The number of hydrogen-bond donors (Lipinski definition) is 0. The molecule has 9 aromatic rings. The molecule has 0 atom stereocenters. The van der Waals surface area contributed by atoms with Crippen LogP contribution in [0.4, 0.5) is 17.1 Å². The maximum Gasteiger partial charge on any atom is 0.138 e. The molecule has 0 aliphatic carbocycles. The van der Waals surface area contributed by atoms with Crippen LogP contribution >= 0.6 is 0 Å². The number of benzene rings is 8. The molecule has 51 heavy (non-hydrogen) atoms. The van der Waals surface area contributed by atoms with Gasteiger partial charge in [0, 0.05) is 33.3 Å². The Balaban J connectivity index is 1.03. The molecule has 0 radical (unpaired) electrons. The molecule has 1 aromatic heterocycles. The van der Waals surface area contributed by atoms with Crippen molar-refractivity contribution in [2.45, 2.75) is 6.92 Å². The first-order chi connectivity index (χ1) is 25.2. The van der Waals surface area contributed by atoms with Gasteiger partial charge in [-0.2, -0.15) is 0 Å². The Kier molecular flexibility index (Phi) is 7.75. The molecule has 0 aliphatic rings. The number of anilines is 3. The van der Waals surface area contributed by atoms with E-state index in [1.807, 2.05) is 12.1 Å². The largest absolute Gasteiger partial charge is 0.456 e. The molecule has 0 saturated carbocycles. The molecule has 0 bridgehead atoms. The molecule has 9 rings (SSSR count). The standard InChI is InChI=1S/C49H35NO/c1-34-45-17-7-8-20-48(45)51-49(34)42-16-9-15-41(33-42)39-23-21-36(22-24-39)38-27-31-44(32-28-38)50(47-19-10-14-40-13-5-6-18-46(40)47)43-29-25-37(26-30-43)35-11-3-2-4-12-35/h2-33H,1H3. The predicted molar refractivity (Wildman–Crippen MR) is 215 cm³/mol. The lowest BCUT2D eigenvalue weighted by atomic mass is 9.97. The predicted octanol–water partition coefficient (Wildman–Crippen LogP) is 14.0. The Morgan fingerprint density at radius 2 is 0.843 bits per heavy atom. The first kappa shape index (κ1) is 30.4. The minimum Gasteiger partial charge on any atom is -0.456 e. The van der Waals surface area contributed by atoms with E-state index in [4.69, 9.17) is 4.42 Å². The maximum absolute atomic E-state index is 6.28. The average molecular weight is 654 g/mol. The highest BCUT2D eigenvalue weighted by Gasteiger charge is 2.16. The van der Waals surface area contributed by atoms with E-state index < -0.39 is 0 Å². The third-order valence-corrected chi connectivity index (χ3v) is 9.89. The quantitative estimate of drug-likeness (QED) is 0.170. The van der Waals surface area contributed by atoms with Gasteiger partial charge >= 0.3 is 0 Å². The monoisotopic (exact) mass is 653 g/mol. The van der Waals surface area contributed by atoms with Gasteiger partial charge in [-0.1, -0.05) is 152 Å². The molecule has 1 heterocycles. The lowest BCUT2D eigenvalue weighted by Crippen LogP contribution is -2.10. The molecule has 0 N–H and O–H groups in total. The van der Waals surface area contributed by atoms with E-state index >= 15 is 0 Å². The van der Waals surface area contributed by atoms with Crippen LogP contribution in [-0.4, -0.2) is 0 Å².